The Balaban J connectivity index is 1.76. The summed E-state index contributed by atoms with van der Waals surface area (Å²) in [5.74, 6) is 0.638. The van der Waals surface area contributed by atoms with E-state index in [4.69, 9.17) is 4.98 Å². The Morgan fingerprint density at radius 3 is 2.36 bits per heavy atom. The maximum atomic E-state index is 12.7. The minimum atomic E-state index is -3.41. The highest BCUT2D eigenvalue weighted by molar-refractivity contribution is 7.86. The normalized spacial score (nSPS) is 18.2. The fourth-order valence-electron chi connectivity index (χ4n) is 3.68. The fourth-order valence-corrected chi connectivity index (χ4v) is 6.32. The van der Waals surface area contributed by atoms with Crippen LogP contribution in [0.3, 0.4) is 0 Å². The van der Waals surface area contributed by atoms with E-state index < -0.39 is 10.2 Å². The second kappa shape index (κ2) is 8.19. The summed E-state index contributed by atoms with van der Waals surface area (Å²) >= 11 is 1.54. The molecule has 2 aromatic rings. The van der Waals surface area contributed by atoms with Crippen LogP contribution in [-0.4, -0.2) is 71.2 Å². The van der Waals surface area contributed by atoms with Crippen LogP contribution in [0, 0.1) is 13.8 Å². The highest BCUT2D eigenvalue weighted by atomic mass is 32.2. The van der Waals surface area contributed by atoms with Crippen molar-refractivity contribution in [3.8, 4) is 0 Å². The van der Waals surface area contributed by atoms with Crippen LogP contribution in [0.5, 0.6) is 0 Å². The third-order valence-corrected chi connectivity index (χ3v) is 8.92. The monoisotopic (exact) mass is 427 g/mol. The van der Waals surface area contributed by atoms with Gasteiger partial charge in [0.25, 0.3) is 15.8 Å². The highest BCUT2D eigenvalue weighted by Crippen LogP contribution is 2.28. The molecule has 8 nitrogen and oxygen atoms in total. The van der Waals surface area contributed by atoms with E-state index in [9.17, 15) is 13.2 Å². The Kier molecular flexibility index (Phi) is 6.26. The predicted octanol–water partition coefficient (Wildman–Crippen LogP) is 1.87. The molecular formula is C18H29N5O3S2. The van der Waals surface area contributed by atoms with Gasteiger partial charge in [0.05, 0.1) is 11.4 Å². The van der Waals surface area contributed by atoms with Gasteiger partial charge in [-0.15, -0.1) is 11.3 Å². The number of thiophene rings is 1. The number of fused-ring (bicyclic) bond motifs is 1. The molecule has 28 heavy (non-hydrogen) atoms. The molecule has 0 aromatic carbocycles. The molecule has 1 saturated heterocycles. The van der Waals surface area contributed by atoms with E-state index in [0.29, 0.717) is 50.5 Å². The van der Waals surface area contributed by atoms with Gasteiger partial charge in [-0.1, -0.05) is 13.8 Å². The van der Waals surface area contributed by atoms with E-state index in [2.05, 4.69) is 9.88 Å². The number of aromatic amines is 1. The molecule has 1 atom stereocenters. The van der Waals surface area contributed by atoms with Crippen molar-refractivity contribution in [3.63, 3.8) is 0 Å². The molecule has 0 radical (unpaired) electrons. The number of aryl methyl sites for hydroxylation is 2. The van der Waals surface area contributed by atoms with Crippen molar-refractivity contribution < 1.29 is 8.42 Å². The smallest absolute Gasteiger partial charge is 0.282 e. The average molecular weight is 428 g/mol. The van der Waals surface area contributed by atoms with E-state index in [-0.39, 0.29) is 11.6 Å². The van der Waals surface area contributed by atoms with Gasteiger partial charge in [0.15, 0.2) is 0 Å². The lowest BCUT2D eigenvalue weighted by Crippen LogP contribution is -2.53. The lowest BCUT2D eigenvalue weighted by molar-refractivity contribution is 0.137. The first kappa shape index (κ1) is 21.4. The summed E-state index contributed by atoms with van der Waals surface area (Å²) in [7, 11) is -3.41. The van der Waals surface area contributed by atoms with Gasteiger partial charge in [0, 0.05) is 44.1 Å². The molecule has 1 N–H and O–H groups in total. The minimum Gasteiger partial charge on any atom is -0.309 e. The van der Waals surface area contributed by atoms with Crippen LogP contribution in [-0.2, 0) is 10.2 Å². The second-order valence-corrected chi connectivity index (χ2v) is 10.2. The highest BCUT2D eigenvalue weighted by Gasteiger charge is 2.32. The molecule has 0 bridgehead atoms. The molecule has 0 aliphatic carbocycles. The molecule has 2 aromatic heterocycles. The van der Waals surface area contributed by atoms with Gasteiger partial charge in [-0.05, 0) is 26.3 Å². The molecule has 3 rings (SSSR count). The maximum Gasteiger partial charge on any atom is 0.282 e. The molecule has 1 unspecified atom stereocenters. The number of nitrogens with zero attached hydrogens (tertiary/aromatic N) is 4. The lowest BCUT2D eigenvalue weighted by atomic mass is 10.2. The zero-order valence-electron chi connectivity index (χ0n) is 17.2. The molecule has 10 heteroatoms. The van der Waals surface area contributed by atoms with Crippen molar-refractivity contribution >= 4 is 31.8 Å². The fraction of sp³-hybridized carbons (Fsp3) is 0.667. The van der Waals surface area contributed by atoms with E-state index in [1.165, 1.54) is 4.31 Å². The SMILES string of the molecule is CCN(CC)S(=O)(=O)N1CCN(C(C)c2nc3sc(C)c(C)c3c(=O)[nH]2)CC1. The number of nitrogens with one attached hydrogen (secondary N) is 1. The summed E-state index contributed by atoms with van der Waals surface area (Å²) in [6.07, 6.45) is 0. The van der Waals surface area contributed by atoms with Crippen molar-refractivity contribution in [1.29, 1.82) is 0 Å². The number of piperazine rings is 1. The van der Waals surface area contributed by atoms with Gasteiger partial charge in [-0.25, -0.2) is 4.98 Å². The van der Waals surface area contributed by atoms with Gasteiger partial charge in [-0.2, -0.15) is 17.0 Å². The van der Waals surface area contributed by atoms with E-state index in [1.807, 2.05) is 34.6 Å². The van der Waals surface area contributed by atoms with Crippen molar-refractivity contribution in [2.75, 3.05) is 39.3 Å². The van der Waals surface area contributed by atoms with Gasteiger partial charge in [0.1, 0.15) is 10.7 Å². The molecular weight excluding hydrogens is 398 g/mol. The Bertz CT molecular complexity index is 1000. The Morgan fingerprint density at radius 1 is 1.18 bits per heavy atom. The van der Waals surface area contributed by atoms with Crippen LogP contribution in [0.2, 0.25) is 0 Å². The second-order valence-electron chi connectivity index (χ2n) is 7.12. The van der Waals surface area contributed by atoms with E-state index >= 15 is 0 Å². The number of aromatic nitrogens is 2. The molecule has 1 fully saturated rings. The number of hydrogen-bond acceptors (Lipinski definition) is 6. The Labute approximate surface area is 170 Å². The summed E-state index contributed by atoms with van der Waals surface area (Å²) in [5.41, 5.74) is 0.889. The third kappa shape index (κ3) is 3.76. The Hall–Kier alpha value is -1.33. The van der Waals surface area contributed by atoms with Gasteiger partial charge >= 0.3 is 0 Å². The third-order valence-electron chi connectivity index (χ3n) is 5.63. The molecule has 0 amide bonds. The summed E-state index contributed by atoms with van der Waals surface area (Å²) in [4.78, 5) is 24.2. The van der Waals surface area contributed by atoms with Crippen molar-refractivity contribution in [1.82, 2.24) is 23.5 Å². The Morgan fingerprint density at radius 2 is 1.79 bits per heavy atom. The van der Waals surface area contributed by atoms with Crippen molar-refractivity contribution in [3.05, 3.63) is 26.6 Å². The molecule has 1 aliphatic rings. The topological polar surface area (TPSA) is 89.6 Å². The molecule has 0 saturated carbocycles. The standard InChI is InChI=1S/C18H29N5O3S2/c1-6-22(7-2)28(25,26)23-10-8-21(9-11-23)13(4)16-19-17(24)15-12(3)14(5)27-18(15)20-16/h13H,6-11H2,1-5H3,(H,19,20,24). The first-order valence-corrected chi connectivity index (χ1v) is 11.9. The summed E-state index contributed by atoms with van der Waals surface area (Å²) in [6, 6.07) is -0.0851. The first-order valence-electron chi connectivity index (χ1n) is 9.69. The van der Waals surface area contributed by atoms with Crippen LogP contribution >= 0.6 is 11.3 Å². The van der Waals surface area contributed by atoms with Crippen molar-refractivity contribution in [2.24, 2.45) is 0 Å². The maximum absolute atomic E-state index is 12.7. The zero-order valence-corrected chi connectivity index (χ0v) is 18.8. The van der Waals surface area contributed by atoms with Gasteiger partial charge < -0.3 is 4.98 Å². The van der Waals surface area contributed by atoms with Crippen LogP contribution in [0.1, 0.15) is 43.1 Å². The largest absolute Gasteiger partial charge is 0.309 e. The van der Waals surface area contributed by atoms with E-state index in [1.54, 1.807) is 15.6 Å². The first-order chi connectivity index (χ1) is 13.2. The van der Waals surface area contributed by atoms with E-state index in [0.717, 1.165) is 15.3 Å². The molecule has 1 aliphatic heterocycles. The van der Waals surface area contributed by atoms with Crippen LogP contribution < -0.4 is 5.56 Å². The zero-order chi connectivity index (χ0) is 20.6. The number of rotatable bonds is 6. The predicted molar refractivity (Wildman–Crippen MR) is 113 cm³/mol. The van der Waals surface area contributed by atoms with Crippen LogP contribution in [0.4, 0.5) is 0 Å². The van der Waals surface area contributed by atoms with Crippen LogP contribution in [0.15, 0.2) is 4.79 Å². The van der Waals surface area contributed by atoms with Gasteiger partial charge in [-0.3, -0.25) is 9.69 Å². The summed E-state index contributed by atoms with van der Waals surface area (Å²) in [6.45, 7) is 12.7. The van der Waals surface area contributed by atoms with Crippen molar-refractivity contribution in [2.45, 2.75) is 40.7 Å². The quantitative estimate of drug-likeness (QED) is 0.760. The average Bonchev–Trinajstić information content (AvgIpc) is 2.96. The van der Waals surface area contributed by atoms with Gasteiger partial charge in [0.2, 0.25) is 0 Å². The molecule has 0 spiro atoms. The molecule has 3 heterocycles. The lowest BCUT2D eigenvalue weighted by Gasteiger charge is -2.38. The summed E-state index contributed by atoms with van der Waals surface area (Å²) < 4.78 is 28.4. The minimum absolute atomic E-state index is 0.0851. The van der Waals surface area contributed by atoms with Crippen LogP contribution in [0.25, 0.3) is 10.2 Å². The number of H-pyrrole nitrogens is 1. The number of hydrogen-bond donors (Lipinski definition) is 1. The summed E-state index contributed by atoms with van der Waals surface area (Å²) in [5, 5.41) is 0.675. The molecule has 156 valence electrons.